The molecule has 3 aromatic rings. The molecule has 2 amide bonds. The molecule has 0 saturated carbocycles. The van der Waals surface area contributed by atoms with E-state index in [2.05, 4.69) is 15.8 Å². The Labute approximate surface area is 193 Å². The fourth-order valence-electron chi connectivity index (χ4n) is 2.97. The fourth-order valence-corrected chi connectivity index (χ4v) is 3.46. The summed E-state index contributed by atoms with van der Waals surface area (Å²) in [5.74, 6) is 0.412. The Kier molecular flexibility index (Phi) is 6.30. The molecular formula is C23H17Cl2N3O4. The molecule has 162 valence electrons. The van der Waals surface area contributed by atoms with Crippen molar-refractivity contribution in [2.24, 2.45) is 5.10 Å². The summed E-state index contributed by atoms with van der Waals surface area (Å²) in [6.45, 7) is 1.90. The van der Waals surface area contributed by atoms with Crippen LogP contribution in [0.25, 0.3) is 0 Å². The lowest BCUT2D eigenvalue weighted by molar-refractivity contribution is 0.0953. The summed E-state index contributed by atoms with van der Waals surface area (Å²) < 4.78 is 10.5. The van der Waals surface area contributed by atoms with Crippen LogP contribution in [0.15, 0.2) is 65.8 Å². The van der Waals surface area contributed by atoms with E-state index in [1.54, 1.807) is 61.5 Å². The quantitative estimate of drug-likeness (QED) is 0.400. The Bertz CT molecular complexity index is 1230. The second-order valence-electron chi connectivity index (χ2n) is 6.86. The normalized spacial score (nSPS) is 12.4. The van der Waals surface area contributed by atoms with E-state index >= 15 is 0 Å². The maximum absolute atomic E-state index is 12.4. The maximum atomic E-state index is 12.4. The van der Waals surface area contributed by atoms with Gasteiger partial charge in [0.2, 0.25) is 6.79 Å². The minimum atomic E-state index is -0.369. The standard InChI is InChI=1S/C23H17Cl2N3O4/c1-13(27-28-22(29)15-4-9-20-21(10-15)32-12-31-20)14-2-6-17(7-3-14)26-23(30)18-8-5-16(24)11-19(18)25/h2-11H,12H2,1H3,(H,26,30)(H,28,29)/b27-13-. The van der Waals surface area contributed by atoms with Crippen LogP contribution in [0.2, 0.25) is 10.0 Å². The van der Waals surface area contributed by atoms with Crippen LogP contribution in [0.4, 0.5) is 5.69 Å². The molecule has 4 rings (SSSR count). The van der Waals surface area contributed by atoms with Gasteiger partial charge < -0.3 is 14.8 Å². The van der Waals surface area contributed by atoms with E-state index in [4.69, 9.17) is 32.7 Å². The zero-order valence-electron chi connectivity index (χ0n) is 16.8. The molecule has 2 N–H and O–H groups in total. The zero-order valence-corrected chi connectivity index (χ0v) is 18.3. The van der Waals surface area contributed by atoms with Crippen molar-refractivity contribution >= 4 is 46.4 Å². The first-order chi connectivity index (χ1) is 15.4. The van der Waals surface area contributed by atoms with Gasteiger partial charge in [-0.05, 0) is 61.0 Å². The van der Waals surface area contributed by atoms with E-state index in [0.29, 0.717) is 39.0 Å². The summed E-state index contributed by atoms with van der Waals surface area (Å²) in [5.41, 5.74) is 5.21. The number of anilines is 1. The van der Waals surface area contributed by atoms with E-state index in [9.17, 15) is 9.59 Å². The summed E-state index contributed by atoms with van der Waals surface area (Å²) in [4.78, 5) is 24.8. The van der Waals surface area contributed by atoms with Crippen molar-refractivity contribution in [3.8, 4) is 11.5 Å². The molecule has 0 saturated heterocycles. The Morgan fingerprint density at radius 3 is 2.34 bits per heavy atom. The van der Waals surface area contributed by atoms with Gasteiger partial charge in [0.15, 0.2) is 11.5 Å². The van der Waals surface area contributed by atoms with Crippen molar-refractivity contribution in [1.29, 1.82) is 0 Å². The molecule has 32 heavy (non-hydrogen) atoms. The van der Waals surface area contributed by atoms with Crippen molar-refractivity contribution < 1.29 is 19.1 Å². The molecular weight excluding hydrogens is 453 g/mol. The predicted octanol–water partition coefficient (Wildman–Crippen LogP) is 5.13. The lowest BCUT2D eigenvalue weighted by atomic mass is 10.1. The molecule has 0 aliphatic carbocycles. The SMILES string of the molecule is C/C(=N/NC(=O)c1ccc2c(c1)OCO2)c1ccc(NC(=O)c2ccc(Cl)cc2Cl)cc1. The summed E-state index contributed by atoms with van der Waals surface area (Å²) in [7, 11) is 0. The van der Waals surface area contributed by atoms with Crippen LogP contribution in [0.1, 0.15) is 33.2 Å². The third kappa shape index (κ3) is 4.85. The van der Waals surface area contributed by atoms with Crippen LogP contribution >= 0.6 is 23.2 Å². The van der Waals surface area contributed by atoms with Gasteiger partial charge in [-0.15, -0.1) is 0 Å². The minimum Gasteiger partial charge on any atom is -0.454 e. The second-order valence-corrected chi connectivity index (χ2v) is 7.71. The Morgan fingerprint density at radius 2 is 1.59 bits per heavy atom. The smallest absolute Gasteiger partial charge is 0.271 e. The number of carbonyl (C=O) groups is 2. The number of rotatable bonds is 5. The van der Waals surface area contributed by atoms with Gasteiger partial charge in [-0.2, -0.15) is 5.10 Å². The molecule has 0 fully saturated rings. The van der Waals surface area contributed by atoms with Crippen LogP contribution in [0.3, 0.4) is 0 Å². The van der Waals surface area contributed by atoms with E-state index < -0.39 is 0 Å². The number of hydrogen-bond donors (Lipinski definition) is 2. The zero-order chi connectivity index (χ0) is 22.7. The maximum Gasteiger partial charge on any atom is 0.271 e. The van der Waals surface area contributed by atoms with Gasteiger partial charge in [0, 0.05) is 16.3 Å². The summed E-state index contributed by atoms with van der Waals surface area (Å²) in [6, 6.07) is 16.6. The van der Waals surface area contributed by atoms with E-state index in [-0.39, 0.29) is 23.6 Å². The highest BCUT2D eigenvalue weighted by molar-refractivity contribution is 6.37. The van der Waals surface area contributed by atoms with Gasteiger partial charge in [-0.3, -0.25) is 9.59 Å². The summed E-state index contributed by atoms with van der Waals surface area (Å²) >= 11 is 11.9. The third-order valence-electron chi connectivity index (χ3n) is 4.70. The Morgan fingerprint density at radius 1 is 0.875 bits per heavy atom. The molecule has 0 unspecified atom stereocenters. The molecule has 0 spiro atoms. The molecule has 0 radical (unpaired) electrons. The molecule has 1 heterocycles. The number of halogens is 2. The lowest BCUT2D eigenvalue weighted by Crippen LogP contribution is -2.19. The number of hydrogen-bond acceptors (Lipinski definition) is 5. The molecule has 1 aliphatic heterocycles. The van der Waals surface area contributed by atoms with Crippen molar-refractivity contribution in [3.63, 3.8) is 0 Å². The van der Waals surface area contributed by atoms with Crippen LogP contribution in [0, 0.1) is 0 Å². The highest BCUT2D eigenvalue weighted by atomic mass is 35.5. The van der Waals surface area contributed by atoms with Crippen molar-refractivity contribution in [2.45, 2.75) is 6.92 Å². The van der Waals surface area contributed by atoms with Gasteiger partial charge in [0.05, 0.1) is 16.3 Å². The lowest BCUT2D eigenvalue weighted by Gasteiger charge is -2.08. The molecule has 0 aromatic heterocycles. The number of hydrazone groups is 1. The summed E-state index contributed by atoms with van der Waals surface area (Å²) in [5, 5.41) is 7.65. The molecule has 3 aromatic carbocycles. The van der Waals surface area contributed by atoms with Gasteiger partial charge in [-0.1, -0.05) is 35.3 Å². The van der Waals surface area contributed by atoms with Crippen molar-refractivity contribution in [3.05, 3.63) is 87.4 Å². The third-order valence-corrected chi connectivity index (χ3v) is 5.24. The molecule has 7 nitrogen and oxygen atoms in total. The minimum absolute atomic E-state index is 0.140. The van der Waals surface area contributed by atoms with E-state index in [1.807, 2.05) is 0 Å². The number of benzene rings is 3. The van der Waals surface area contributed by atoms with Crippen LogP contribution in [-0.2, 0) is 0 Å². The molecule has 0 bridgehead atoms. The average molecular weight is 470 g/mol. The second kappa shape index (κ2) is 9.30. The largest absolute Gasteiger partial charge is 0.454 e. The summed E-state index contributed by atoms with van der Waals surface area (Å²) in [6.07, 6.45) is 0. The highest BCUT2D eigenvalue weighted by Gasteiger charge is 2.16. The molecule has 9 heteroatoms. The monoisotopic (exact) mass is 469 g/mol. The van der Waals surface area contributed by atoms with E-state index in [1.165, 1.54) is 6.07 Å². The van der Waals surface area contributed by atoms with Gasteiger partial charge >= 0.3 is 0 Å². The molecule has 0 atom stereocenters. The molecule has 1 aliphatic rings. The van der Waals surface area contributed by atoms with E-state index in [0.717, 1.165) is 5.56 Å². The number of carbonyl (C=O) groups excluding carboxylic acids is 2. The first-order valence-corrected chi connectivity index (χ1v) is 10.3. The van der Waals surface area contributed by atoms with Crippen molar-refractivity contribution in [1.82, 2.24) is 5.43 Å². The van der Waals surface area contributed by atoms with Crippen LogP contribution < -0.4 is 20.2 Å². The number of ether oxygens (including phenoxy) is 2. The predicted molar refractivity (Wildman–Crippen MR) is 123 cm³/mol. The first kappa shape index (κ1) is 21.7. The van der Waals surface area contributed by atoms with Crippen LogP contribution in [0.5, 0.6) is 11.5 Å². The average Bonchev–Trinajstić information content (AvgIpc) is 3.25. The first-order valence-electron chi connectivity index (χ1n) is 9.52. The van der Waals surface area contributed by atoms with Crippen LogP contribution in [-0.4, -0.2) is 24.3 Å². The van der Waals surface area contributed by atoms with Crippen molar-refractivity contribution in [2.75, 3.05) is 12.1 Å². The van der Waals surface area contributed by atoms with Gasteiger partial charge in [-0.25, -0.2) is 5.43 Å². The Balaban J connectivity index is 1.39. The number of fused-ring (bicyclic) bond motifs is 1. The number of nitrogens with one attached hydrogen (secondary N) is 2. The van der Waals surface area contributed by atoms with Gasteiger partial charge in [0.25, 0.3) is 11.8 Å². The highest BCUT2D eigenvalue weighted by Crippen LogP contribution is 2.32. The number of amides is 2. The number of nitrogens with zero attached hydrogens (tertiary/aromatic N) is 1. The topological polar surface area (TPSA) is 89.0 Å². The fraction of sp³-hybridized carbons (Fsp3) is 0.0870. The Hall–Kier alpha value is -3.55. The van der Waals surface area contributed by atoms with Gasteiger partial charge in [0.1, 0.15) is 0 Å².